The van der Waals surface area contributed by atoms with Gasteiger partial charge in [0.05, 0.1) is 16.3 Å². The summed E-state index contributed by atoms with van der Waals surface area (Å²) in [7, 11) is 0. The van der Waals surface area contributed by atoms with Gasteiger partial charge in [0, 0.05) is 15.6 Å². The van der Waals surface area contributed by atoms with Crippen molar-refractivity contribution in [1.82, 2.24) is 0 Å². The van der Waals surface area contributed by atoms with Crippen LogP contribution >= 0.6 is 11.3 Å². The van der Waals surface area contributed by atoms with Gasteiger partial charge in [0.1, 0.15) is 0 Å². The van der Waals surface area contributed by atoms with E-state index in [0.29, 0.717) is 11.4 Å². The third-order valence-electron chi connectivity index (χ3n) is 4.12. The molecule has 0 atom stereocenters. The van der Waals surface area contributed by atoms with Crippen LogP contribution in [0.3, 0.4) is 0 Å². The molecule has 3 aromatic carbocycles. The molecule has 0 aliphatic rings. The minimum Gasteiger partial charge on any atom is -0.397 e. The quantitative estimate of drug-likeness (QED) is 0.475. The van der Waals surface area contributed by atoms with Crippen LogP contribution < -0.4 is 5.73 Å². The molecular weight excluding hydrogens is 312 g/mol. The zero-order chi connectivity index (χ0) is 16.5. The van der Waals surface area contributed by atoms with Crippen molar-refractivity contribution in [1.29, 1.82) is 5.41 Å². The SMILES string of the molecule is N=C(c1cccc(-c2ccccc2)c1)c1sc2ccccc2c1N. The lowest BCUT2D eigenvalue weighted by Crippen LogP contribution is -2.02. The Labute approximate surface area is 144 Å². The number of benzene rings is 3. The summed E-state index contributed by atoms with van der Waals surface area (Å²) in [6.07, 6.45) is 0. The van der Waals surface area contributed by atoms with Crippen molar-refractivity contribution in [2.75, 3.05) is 5.73 Å². The molecule has 0 aliphatic carbocycles. The van der Waals surface area contributed by atoms with E-state index in [4.69, 9.17) is 11.1 Å². The molecule has 1 heterocycles. The smallest absolute Gasteiger partial charge is 0.0805 e. The molecular formula is C21H16N2S. The van der Waals surface area contributed by atoms with Gasteiger partial charge in [-0.2, -0.15) is 0 Å². The van der Waals surface area contributed by atoms with E-state index < -0.39 is 0 Å². The highest BCUT2D eigenvalue weighted by Crippen LogP contribution is 2.35. The maximum absolute atomic E-state index is 8.63. The molecule has 4 aromatic rings. The number of hydrogen-bond donors (Lipinski definition) is 2. The fourth-order valence-corrected chi connectivity index (χ4v) is 3.96. The number of nitrogen functional groups attached to an aromatic ring is 1. The summed E-state index contributed by atoms with van der Waals surface area (Å²) >= 11 is 1.58. The molecule has 0 bridgehead atoms. The maximum Gasteiger partial charge on any atom is 0.0805 e. The first-order chi connectivity index (χ1) is 11.7. The predicted octanol–water partition coefficient (Wildman–Crippen LogP) is 5.57. The van der Waals surface area contributed by atoms with E-state index in [1.54, 1.807) is 11.3 Å². The summed E-state index contributed by atoms with van der Waals surface area (Å²) in [5, 5.41) is 9.66. The van der Waals surface area contributed by atoms with Crippen LogP contribution in [0, 0.1) is 5.41 Å². The number of nitrogens with two attached hydrogens (primary N) is 1. The second-order valence-corrected chi connectivity index (χ2v) is 6.72. The molecule has 24 heavy (non-hydrogen) atoms. The highest BCUT2D eigenvalue weighted by Gasteiger charge is 2.15. The van der Waals surface area contributed by atoms with Crippen molar-refractivity contribution in [3.05, 3.63) is 89.3 Å². The molecule has 3 heteroatoms. The van der Waals surface area contributed by atoms with Crippen LogP contribution in [0.25, 0.3) is 21.2 Å². The van der Waals surface area contributed by atoms with E-state index in [1.165, 1.54) is 0 Å². The van der Waals surface area contributed by atoms with Crippen LogP contribution in [0.4, 0.5) is 5.69 Å². The zero-order valence-corrected chi connectivity index (χ0v) is 13.8. The Morgan fingerprint density at radius 3 is 2.29 bits per heavy atom. The Balaban J connectivity index is 1.78. The monoisotopic (exact) mass is 328 g/mol. The van der Waals surface area contributed by atoms with Crippen LogP contribution in [-0.2, 0) is 0 Å². The molecule has 0 saturated carbocycles. The third-order valence-corrected chi connectivity index (χ3v) is 5.32. The van der Waals surface area contributed by atoms with Gasteiger partial charge in [-0.05, 0) is 23.3 Å². The van der Waals surface area contributed by atoms with E-state index in [2.05, 4.69) is 24.3 Å². The highest BCUT2D eigenvalue weighted by atomic mass is 32.1. The normalized spacial score (nSPS) is 10.8. The number of fused-ring (bicyclic) bond motifs is 1. The van der Waals surface area contributed by atoms with Crippen molar-refractivity contribution < 1.29 is 0 Å². The molecule has 116 valence electrons. The van der Waals surface area contributed by atoms with E-state index in [0.717, 1.165) is 31.7 Å². The van der Waals surface area contributed by atoms with E-state index in [-0.39, 0.29) is 0 Å². The molecule has 2 nitrogen and oxygen atoms in total. The molecule has 1 aromatic heterocycles. The standard InChI is InChI=1S/C21H16N2S/c22-19(21-20(23)17-11-4-5-12-18(17)24-21)16-10-6-9-15(13-16)14-7-2-1-3-8-14/h1-13,22H,23H2. The Kier molecular flexibility index (Phi) is 3.63. The molecule has 0 saturated heterocycles. The number of hydrogen-bond acceptors (Lipinski definition) is 3. The van der Waals surface area contributed by atoms with E-state index in [9.17, 15) is 0 Å². The number of rotatable bonds is 3. The summed E-state index contributed by atoms with van der Waals surface area (Å²) in [5.74, 6) is 0. The lowest BCUT2D eigenvalue weighted by atomic mass is 10.00. The molecule has 0 amide bonds. The Hall–Kier alpha value is -2.91. The fourth-order valence-electron chi connectivity index (χ4n) is 2.87. The summed E-state index contributed by atoms with van der Waals surface area (Å²) in [5.41, 5.74) is 10.6. The van der Waals surface area contributed by atoms with Crippen LogP contribution in [0.5, 0.6) is 0 Å². The molecule has 0 fully saturated rings. The minimum absolute atomic E-state index is 0.478. The summed E-state index contributed by atoms with van der Waals surface area (Å²) in [4.78, 5) is 0.835. The Bertz CT molecular complexity index is 1030. The van der Waals surface area contributed by atoms with Gasteiger partial charge in [-0.25, -0.2) is 0 Å². The molecule has 0 spiro atoms. The molecule has 3 N–H and O–H groups in total. The number of thiophene rings is 1. The van der Waals surface area contributed by atoms with Crippen molar-refractivity contribution in [2.24, 2.45) is 0 Å². The average Bonchev–Trinajstić information content (AvgIpc) is 2.99. The first-order valence-electron chi connectivity index (χ1n) is 7.76. The van der Waals surface area contributed by atoms with Crippen LogP contribution in [0.15, 0.2) is 78.9 Å². The lowest BCUT2D eigenvalue weighted by Gasteiger charge is -2.07. The van der Waals surface area contributed by atoms with Crippen LogP contribution in [0.2, 0.25) is 0 Å². The molecule has 0 aliphatic heterocycles. The Morgan fingerprint density at radius 2 is 1.50 bits per heavy atom. The van der Waals surface area contributed by atoms with Crippen molar-refractivity contribution in [2.45, 2.75) is 0 Å². The van der Waals surface area contributed by atoms with Gasteiger partial charge in [0.25, 0.3) is 0 Å². The summed E-state index contributed by atoms with van der Waals surface area (Å²) in [6, 6.07) is 26.4. The van der Waals surface area contributed by atoms with Crippen LogP contribution in [0.1, 0.15) is 10.4 Å². The highest BCUT2D eigenvalue weighted by molar-refractivity contribution is 7.21. The summed E-state index contributed by atoms with van der Waals surface area (Å²) in [6.45, 7) is 0. The first kappa shape index (κ1) is 14.7. The second kappa shape index (κ2) is 5.95. The molecule has 0 radical (unpaired) electrons. The fraction of sp³-hybridized carbons (Fsp3) is 0. The van der Waals surface area contributed by atoms with Crippen molar-refractivity contribution in [3.63, 3.8) is 0 Å². The van der Waals surface area contributed by atoms with Gasteiger partial charge >= 0.3 is 0 Å². The van der Waals surface area contributed by atoms with Gasteiger partial charge in [0.2, 0.25) is 0 Å². The van der Waals surface area contributed by atoms with Gasteiger partial charge in [-0.15, -0.1) is 11.3 Å². The van der Waals surface area contributed by atoms with E-state index >= 15 is 0 Å². The second-order valence-electron chi connectivity index (χ2n) is 5.66. The minimum atomic E-state index is 0.478. The van der Waals surface area contributed by atoms with Gasteiger partial charge in [0.15, 0.2) is 0 Å². The summed E-state index contributed by atoms with van der Waals surface area (Å²) < 4.78 is 1.12. The average molecular weight is 328 g/mol. The molecule has 4 rings (SSSR count). The molecule has 0 unspecified atom stereocenters. The van der Waals surface area contributed by atoms with Crippen molar-refractivity contribution in [3.8, 4) is 11.1 Å². The van der Waals surface area contributed by atoms with Gasteiger partial charge in [-0.3, -0.25) is 5.41 Å². The van der Waals surface area contributed by atoms with Gasteiger partial charge < -0.3 is 5.73 Å². The van der Waals surface area contributed by atoms with Gasteiger partial charge in [-0.1, -0.05) is 66.7 Å². The van der Waals surface area contributed by atoms with E-state index in [1.807, 2.05) is 54.6 Å². The topological polar surface area (TPSA) is 49.9 Å². The maximum atomic E-state index is 8.63. The first-order valence-corrected chi connectivity index (χ1v) is 8.57. The third kappa shape index (κ3) is 2.49. The van der Waals surface area contributed by atoms with Crippen LogP contribution in [-0.4, -0.2) is 5.71 Å². The zero-order valence-electron chi connectivity index (χ0n) is 13.0. The predicted molar refractivity (Wildman–Crippen MR) is 104 cm³/mol. The number of anilines is 1. The Morgan fingerprint density at radius 1 is 0.792 bits per heavy atom. The largest absolute Gasteiger partial charge is 0.397 e. The number of nitrogens with one attached hydrogen (secondary N) is 1. The van der Waals surface area contributed by atoms with Crippen molar-refractivity contribution >= 4 is 32.8 Å². The lowest BCUT2D eigenvalue weighted by molar-refractivity contribution is 1.48.